The van der Waals surface area contributed by atoms with E-state index in [1.807, 2.05) is 0 Å². The molecule has 0 amide bonds. The lowest BCUT2D eigenvalue weighted by atomic mass is 10.1. The molecule has 0 bridgehead atoms. The van der Waals surface area contributed by atoms with Crippen LogP contribution in [-0.2, 0) is 6.18 Å². The van der Waals surface area contributed by atoms with Gasteiger partial charge in [-0.3, -0.25) is 10.1 Å². The quantitative estimate of drug-likeness (QED) is 0.485. The molecule has 0 aliphatic carbocycles. The Bertz CT molecular complexity index is 435. The van der Waals surface area contributed by atoms with Crippen molar-refractivity contribution in [2.45, 2.75) is 12.6 Å². The predicted octanol–water partition coefficient (Wildman–Crippen LogP) is 2.37. The zero-order chi connectivity index (χ0) is 13.8. The molecule has 1 aromatic carbocycles. The Labute approximate surface area is 101 Å². The van der Waals surface area contributed by atoms with Gasteiger partial charge in [0.05, 0.1) is 10.5 Å². The summed E-state index contributed by atoms with van der Waals surface area (Å²) in [4.78, 5) is 9.86. The van der Waals surface area contributed by atoms with E-state index in [1.54, 1.807) is 0 Å². The van der Waals surface area contributed by atoms with Crippen molar-refractivity contribution >= 4 is 11.4 Å². The predicted molar refractivity (Wildman–Crippen MR) is 60.3 cm³/mol. The van der Waals surface area contributed by atoms with E-state index in [2.05, 4.69) is 5.32 Å². The Morgan fingerprint density at radius 1 is 1.39 bits per heavy atom. The number of hydrogen-bond donors (Lipinski definition) is 2. The van der Waals surface area contributed by atoms with Crippen molar-refractivity contribution in [2.75, 3.05) is 18.4 Å². The summed E-state index contributed by atoms with van der Waals surface area (Å²) in [5, 5.41) is 13.4. The number of hydrogen-bond acceptors (Lipinski definition) is 4. The van der Waals surface area contributed by atoms with Crippen LogP contribution in [0.5, 0.6) is 0 Å². The largest absolute Gasteiger partial charge is 0.416 e. The van der Waals surface area contributed by atoms with Gasteiger partial charge in [0.15, 0.2) is 0 Å². The van der Waals surface area contributed by atoms with Crippen molar-refractivity contribution in [1.29, 1.82) is 0 Å². The minimum absolute atomic E-state index is 0.0569. The van der Waals surface area contributed by atoms with Crippen molar-refractivity contribution in [3.8, 4) is 0 Å². The van der Waals surface area contributed by atoms with Crippen molar-refractivity contribution < 1.29 is 18.1 Å². The lowest BCUT2D eigenvalue weighted by molar-refractivity contribution is -0.384. The fourth-order valence-electron chi connectivity index (χ4n) is 1.33. The monoisotopic (exact) mass is 263 g/mol. The summed E-state index contributed by atoms with van der Waals surface area (Å²) < 4.78 is 37.2. The van der Waals surface area contributed by atoms with Gasteiger partial charge in [-0.2, -0.15) is 13.2 Å². The maximum atomic E-state index is 12.4. The standard InChI is InChI=1S/C10H12F3N3O2/c11-10(12,13)7-2-3-8(15-5-1-4-14)9(6-7)16(17)18/h2-3,6,15H,1,4-5,14H2. The number of anilines is 1. The molecular weight excluding hydrogens is 251 g/mol. The summed E-state index contributed by atoms with van der Waals surface area (Å²) in [6.45, 7) is 0.754. The maximum absolute atomic E-state index is 12.4. The van der Waals surface area contributed by atoms with Crippen molar-refractivity contribution in [3.63, 3.8) is 0 Å². The number of benzene rings is 1. The van der Waals surface area contributed by atoms with Gasteiger partial charge in [-0.25, -0.2) is 0 Å². The Hall–Kier alpha value is -1.83. The van der Waals surface area contributed by atoms with E-state index >= 15 is 0 Å². The highest BCUT2D eigenvalue weighted by Gasteiger charge is 2.32. The van der Waals surface area contributed by atoms with Crippen LogP contribution in [0.2, 0.25) is 0 Å². The molecule has 8 heteroatoms. The van der Waals surface area contributed by atoms with Crippen LogP contribution in [-0.4, -0.2) is 18.0 Å². The van der Waals surface area contributed by atoms with E-state index in [0.717, 1.165) is 12.1 Å². The number of nitrogens with zero attached hydrogens (tertiary/aromatic N) is 1. The van der Waals surface area contributed by atoms with Gasteiger partial charge in [-0.15, -0.1) is 0 Å². The zero-order valence-corrected chi connectivity index (χ0v) is 9.33. The zero-order valence-electron chi connectivity index (χ0n) is 9.33. The first-order chi connectivity index (χ1) is 8.36. The topological polar surface area (TPSA) is 81.2 Å². The molecule has 18 heavy (non-hydrogen) atoms. The number of nitrogens with two attached hydrogens (primary N) is 1. The maximum Gasteiger partial charge on any atom is 0.416 e. The summed E-state index contributed by atoms with van der Waals surface area (Å²) >= 11 is 0. The van der Waals surface area contributed by atoms with Gasteiger partial charge in [0.1, 0.15) is 5.69 Å². The second-order valence-corrected chi connectivity index (χ2v) is 3.56. The van der Waals surface area contributed by atoms with E-state index in [4.69, 9.17) is 5.73 Å². The third-order valence-electron chi connectivity index (χ3n) is 2.22. The molecule has 0 saturated heterocycles. The Balaban J connectivity index is 3.01. The van der Waals surface area contributed by atoms with Crippen LogP contribution < -0.4 is 11.1 Å². The molecule has 0 radical (unpaired) electrons. The molecule has 0 unspecified atom stereocenters. The van der Waals surface area contributed by atoms with Gasteiger partial charge in [0, 0.05) is 12.6 Å². The van der Waals surface area contributed by atoms with Gasteiger partial charge in [0.25, 0.3) is 5.69 Å². The molecule has 0 atom stereocenters. The molecule has 0 spiro atoms. The van der Waals surface area contributed by atoms with Gasteiger partial charge in [0.2, 0.25) is 0 Å². The lowest BCUT2D eigenvalue weighted by Gasteiger charge is -2.10. The molecule has 0 aliphatic heterocycles. The third kappa shape index (κ3) is 3.59. The van der Waals surface area contributed by atoms with E-state index in [1.165, 1.54) is 0 Å². The van der Waals surface area contributed by atoms with Crippen molar-refractivity contribution in [3.05, 3.63) is 33.9 Å². The minimum atomic E-state index is -4.60. The van der Waals surface area contributed by atoms with E-state index < -0.39 is 22.4 Å². The average molecular weight is 263 g/mol. The first-order valence-electron chi connectivity index (χ1n) is 5.16. The average Bonchev–Trinajstić information content (AvgIpc) is 2.28. The van der Waals surface area contributed by atoms with E-state index in [-0.39, 0.29) is 5.69 Å². The smallest absolute Gasteiger partial charge is 0.379 e. The Morgan fingerprint density at radius 3 is 2.56 bits per heavy atom. The van der Waals surface area contributed by atoms with Crippen LogP contribution in [0.4, 0.5) is 24.5 Å². The second kappa shape index (κ2) is 5.67. The summed E-state index contributed by atoms with van der Waals surface area (Å²) in [7, 11) is 0. The molecular formula is C10H12F3N3O2. The molecule has 5 nitrogen and oxygen atoms in total. The number of halogens is 3. The van der Waals surface area contributed by atoms with Crippen molar-refractivity contribution in [1.82, 2.24) is 0 Å². The number of nitrogens with one attached hydrogen (secondary N) is 1. The van der Waals surface area contributed by atoms with Gasteiger partial charge in [-0.1, -0.05) is 0 Å². The first-order valence-corrected chi connectivity index (χ1v) is 5.16. The number of nitro benzene ring substituents is 1. The highest BCUT2D eigenvalue weighted by atomic mass is 19.4. The van der Waals surface area contributed by atoms with Crippen LogP contribution in [0, 0.1) is 10.1 Å². The van der Waals surface area contributed by atoms with Gasteiger partial charge < -0.3 is 11.1 Å². The molecule has 0 fully saturated rings. The van der Waals surface area contributed by atoms with Crippen molar-refractivity contribution in [2.24, 2.45) is 5.73 Å². The van der Waals surface area contributed by atoms with Gasteiger partial charge >= 0.3 is 6.18 Å². The third-order valence-corrected chi connectivity index (χ3v) is 2.22. The van der Waals surface area contributed by atoms with Crippen LogP contribution in [0.15, 0.2) is 18.2 Å². The fourth-order valence-corrected chi connectivity index (χ4v) is 1.33. The molecule has 100 valence electrons. The molecule has 3 N–H and O–H groups in total. The molecule has 0 aliphatic rings. The number of alkyl halides is 3. The van der Waals surface area contributed by atoms with E-state index in [9.17, 15) is 23.3 Å². The van der Waals surface area contributed by atoms with E-state index in [0.29, 0.717) is 25.6 Å². The van der Waals surface area contributed by atoms with Crippen LogP contribution in [0.25, 0.3) is 0 Å². The summed E-state index contributed by atoms with van der Waals surface area (Å²) in [5.41, 5.74) is 3.67. The fraction of sp³-hybridized carbons (Fsp3) is 0.400. The van der Waals surface area contributed by atoms with Crippen LogP contribution in [0.1, 0.15) is 12.0 Å². The number of nitro groups is 1. The van der Waals surface area contributed by atoms with Crippen LogP contribution >= 0.6 is 0 Å². The van der Waals surface area contributed by atoms with Crippen LogP contribution in [0.3, 0.4) is 0 Å². The van der Waals surface area contributed by atoms with Gasteiger partial charge in [-0.05, 0) is 25.1 Å². The SMILES string of the molecule is NCCCNc1ccc(C(F)(F)F)cc1[N+](=O)[O-]. The minimum Gasteiger partial charge on any atom is -0.379 e. The Kier molecular flexibility index (Phi) is 4.49. The first kappa shape index (κ1) is 14.2. The second-order valence-electron chi connectivity index (χ2n) is 3.56. The normalized spacial score (nSPS) is 11.3. The summed E-state index contributed by atoms with van der Waals surface area (Å²) in [6, 6.07) is 2.38. The molecule has 1 rings (SSSR count). The molecule has 0 heterocycles. The molecule has 0 saturated carbocycles. The summed E-state index contributed by atoms with van der Waals surface area (Å²) in [6.07, 6.45) is -4.03. The highest BCUT2D eigenvalue weighted by Crippen LogP contribution is 2.34. The number of rotatable bonds is 5. The highest BCUT2D eigenvalue weighted by molar-refractivity contribution is 5.62. The Morgan fingerprint density at radius 2 is 2.06 bits per heavy atom. The summed E-state index contributed by atoms with van der Waals surface area (Å²) in [5.74, 6) is 0. The molecule has 0 aromatic heterocycles. The molecule has 1 aromatic rings. The lowest BCUT2D eigenvalue weighted by Crippen LogP contribution is -2.11.